The molecule has 38 heavy (non-hydrogen) atoms. The summed E-state index contributed by atoms with van der Waals surface area (Å²) in [6.45, 7) is 9.51. The van der Waals surface area contributed by atoms with Gasteiger partial charge in [0.1, 0.15) is 23.8 Å². The van der Waals surface area contributed by atoms with Crippen LogP contribution in [0.25, 0.3) is 0 Å². The number of alkyl halides is 3. The van der Waals surface area contributed by atoms with Crippen LogP contribution < -0.4 is 20.9 Å². The Balaban J connectivity index is 2.10. The topological polar surface area (TPSA) is 109 Å². The molecule has 1 aliphatic rings. The summed E-state index contributed by atoms with van der Waals surface area (Å²) in [5, 5.41) is 9.97. The number of aryl methyl sites for hydroxylation is 1. The monoisotopic (exact) mass is 538 g/mol. The number of piperazine rings is 1. The van der Waals surface area contributed by atoms with Crippen LogP contribution in [0.3, 0.4) is 0 Å². The Kier molecular flexibility index (Phi) is 10.6. The van der Waals surface area contributed by atoms with E-state index in [2.05, 4.69) is 32.9 Å². The van der Waals surface area contributed by atoms with E-state index in [-0.39, 0.29) is 11.8 Å². The molecule has 0 aliphatic carbocycles. The minimum Gasteiger partial charge on any atom is -0.380 e. The second-order valence-corrected chi connectivity index (χ2v) is 9.04. The third-order valence-electron chi connectivity index (χ3n) is 5.83. The van der Waals surface area contributed by atoms with E-state index >= 15 is 0 Å². The first-order valence-corrected chi connectivity index (χ1v) is 12.7. The number of nitrogens with zero attached hydrogens (tertiary/aromatic N) is 5. The van der Waals surface area contributed by atoms with Crippen LogP contribution in [-0.4, -0.2) is 92.0 Å². The van der Waals surface area contributed by atoms with Crippen LogP contribution in [0.1, 0.15) is 32.0 Å². The summed E-state index contributed by atoms with van der Waals surface area (Å²) >= 11 is 0. The lowest BCUT2D eigenvalue weighted by Gasteiger charge is -2.33. The smallest absolute Gasteiger partial charge is 0.380 e. The zero-order valence-electron chi connectivity index (χ0n) is 22.5. The second kappa shape index (κ2) is 13.7. The summed E-state index contributed by atoms with van der Waals surface area (Å²) in [7, 11) is 1.51. The SMILES string of the molecule is CCOCCNc1c(Nc2cc(C)ccn2)nc(N2CCNC(C)C2)nc1C(=NC)C(C)OCC(F)(F)F. The average molecular weight is 539 g/mol. The van der Waals surface area contributed by atoms with Crippen molar-refractivity contribution in [2.75, 3.05) is 68.6 Å². The van der Waals surface area contributed by atoms with Crippen LogP contribution in [0.2, 0.25) is 0 Å². The Morgan fingerprint density at radius 1 is 1.34 bits per heavy atom. The molecule has 2 aromatic rings. The van der Waals surface area contributed by atoms with Gasteiger partial charge in [0, 0.05) is 52.1 Å². The molecule has 1 saturated heterocycles. The fraction of sp³-hybridized carbons (Fsp3) is 0.600. The summed E-state index contributed by atoms with van der Waals surface area (Å²) in [6.07, 6.45) is -3.76. The van der Waals surface area contributed by atoms with E-state index in [0.717, 1.165) is 12.1 Å². The number of aromatic nitrogens is 3. The highest BCUT2D eigenvalue weighted by Crippen LogP contribution is 2.31. The van der Waals surface area contributed by atoms with Gasteiger partial charge in [0.2, 0.25) is 5.95 Å². The van der Waals surface area contributed by atoms with Gasteiger partial charge < -0.3 is 30.3 Å². The Bertz CT molecular complexity index is 1080. The largest absolute Gasteiger partial charge is 0.411 e. The van der Waals surface area contributed by atoms with Crippen LogP contribution in [0.5, 0.6) is 0 Å². The molecular weight excluding hydrogens is 501 g/mol. The predicted molar refractivity (Wildman–Crippen MR) is 143 cm³/mol. The number of rotatable bonds is 12. The van der Waals surface area contributed by atoms with Crippen molar-refractivity contribution in [3.63, 3.8) is 0 Å². The van der Waals surface area contributed by atoms with Gasteiger partial charge in [0.15, 0.2) is 5.82 Å². The summed E-state index contributed by atoms with van der Waals surface area (Å²) in [4.78, 5) is 20.4. The normalized spacial score (nSPS) is 17.4. The lowest BCUT2D eigenvalue weighted by Crippen LogP contribution is -2.50. The van der Waals surface area contributed by atoms with Crippen LogP contribution in [0.4, 0.5) is 36.4 Å². The number of pyridine rings is 1. The maximum Gasteiger partial charge on any atom is 0.411 e. The van der Waals surface area contributed by atoms with E-state index in [9.17, 15) is 13.2 Å². The molecule has 0 saturated carbocycles. The minimum absolute atomic E-state index is 0.211. The molecule has 0 spiro atoms. The van der Waals surface area contributed by atoms with Crippen LogP contribution in [0, 0.1) is 6.92 Å². The zero-order chi connectivity index (χ0) is 27.7. The Labute approximate surface area is 221 Å². The highest BCUT2D eigenvalue weighted by molar-refractivity contribution is 6.08. The molecule has 13 heteroatoms. The number of ether oxygens (including phenoxy) is 2. The highest BCUT2D eigenvalue weighted by Gasteiger charge is 2.31. The van der Waals surface area contributed by atoms with Gasteiger partial charge in [-0.25, -0.2) is 9.97 Å². The van der Waals surface area contributed by atoms with Gasteiger partial charge in [-0.1, -0.05) is 0 Å². The Morgan fingerprint density at radius 3 is 2.79 bits per heavy atom. The Morgan fingerprint density at radius 2 is 2.13 bits per heavy atom. The van der Waals surface area contributed by atoms with Gasteiger partial charge in [-0.05, 0) is 45.4 Å². The predicted octanol–water partition coefficient (Wildman–Crippen LogP) is 3.56. The number of hydrogen-bond acceptors (Lipinski definition) is 10. The first kappa shape index (κ1) is 29.5. The van der Waals surface area contributed by atoms with Gasteiger partial charge in [-0.15, -0.1) is 0 Å². The molecule has 3 N–H and O–H groups in total. The molecule has 2 atom stereocenters. The minimum atomic E-state index is -4.47. The average Bonchev–Trinajstić information content (AvgIpc) is 2.86. The molecule has 1 aliphatic heterocycles. The first-order valence-electron chi connectivity index (χ1n) is 12.7. The van der Waals surface area contributed by atoms with Crippen molar-refractivity contribution in [1.82, 2.24) is 20.3 Å². The van der Waals surface area contributed by atoms with Crippen molar-refractivity contribution >= 4 is 29.0 Å². The van der Waals surface area contributed by atoms with Crippen molar-refractivity contribution in [2.45, 2.75) is 46.0 Å². The molecule has 0 radical (unpaired) electrons. The summed E-state index contributed by atoms with van der Waals surface area (Å²) in [6, 6.07) is 3.97. The van der Waals surface area contributed by atoms with E-state index in [0.29, 0.717) is 61.8 Å². The molecule has 1 fully saturated rings. The van der Waals surface area contributed by atoms with Crippen LogP contribution in [-0.2, 0) is 9.47 Å². The first-order chi connectivity index (χ1) is 18.1. The van der Waals surface area contributed by atoms with Gasteiger partial charge in [-0.3, -0.25) is 4.99 Å². The maximum atomic E-state index is 12.9. The van der Waals surface area contributed by atoms with E-state index < -0.39 is 18.9 Å². The third kappa shape index (κ3) is 8.50. The fourth-order valence-electron chi connectivity index (χ4n) is 4.04. The van der Waals surface area contributed by atoms with Crippen molar-refractivity contribution in [2.24, 2.45) is 4.99 Å². The second-order valence-electron chi connectivity index (χ2n) is 9.04. The standard InChI is InChI=1S/C25H37F3N8O2/c1-6-37-12-10-32-22-21(20(29-5)18(4)38-15-25(26,27)28)34-24(36-11-9-30-17(3)14-36)35-23(22)33-19-13-16(2)7-8-31-19/h7-8,13,17-18,30,32H,6,9-12,14-15H2,1-5H3,(H,31,33,34,35). The fourth-order valence-corrected chi connectivity index (χ4v) is 4.04. The van der Waals surface area contributed by atoms with Crippen LogP contribution in [0.15, 0.2) is 23.3 Å². The molecular formula is C25H37F3N8O2. The quantitative estimate of drug-likeness (QED) is 0.276. The molecule has 10 nitrogen and oxygen atoms in total. The van der Waals surface area contributed by atoms with Crippen molar-refractivity contribution in [3.05, 3.63) is 29.6 Å². The molecule has 2 unspecified atom stereocenters. The van der Waals surface area contributed by atoms with Gasteiger partial charge in [-0.2, -0.15) is 18.2 Å². The van der Waals surface area contributed by atoms with Crippen molar-refractivity contribution < 1.29 is 22.6 Å². The molecule has 2 aromatic heterocycles. The van der Waals surface area contributed by atoms with Gasteiger partial charge >= 0.3 is 6.18 Å². The van der Waals surface area contributed by atoms with E-state index in [1.807, 2.05) is 30.9 Å². The molecule has 3 rings (SSSR count). The number of hydrogen-bond donors (Lipinski definition) is 3. The lowest BCUT2D eigenvalue weighted by atomic mass is 10.1. The van der Waals surface area contributed by atoms with E-state index in [1.54, 1.807) is 6.20 Å². The third-order valence-corrected chi connectivity index (χ3v) is 5.83. The van der Waals surface area contributed by atoms with E-state index in [4.69, 9.17) is 19.4 Å². The zero-order valence-corrected chi connectivity index (χ0v) is 22.5. The van der Waals surface area contributed by atoms with Crippen molar-refractivity contribution in [1.29, 1.82) is 0 Å². The van der Waals surface area contributed by atoms with Crippen molar-refractivity contribution in [3.8, 4) is 0 Å². The molecule has 0 amide bonds. The van der Waals surface area contributed by atoms with Gasteiger partial charge in [0.25, 0.3) is 0 Å². The number of nitrogens with one attached hydrogen (secondary N) is 3. The lowest BCUT2D eigenvalue weighted by molar-refractivity contribution is -0.177. The molecule has 3 heterocycles. The highest BCUT2D eigenvalue weighted by atomic mass is 19.4. The van der Waals surface area contributed by atoms with Crippen LogP contribution >= 0.6 is 0 Å². The van der Waals surface area contributed by atoms with Gasteiger partial charge in [0.05, 0.1) is 18.4 Å². The van der Waals surface area contributed by atoms with E-state index in [1.165, 1.54) is 14.0 Å². The summed E-state index contributed by atoms with van der Waals surface area (Å²) in [5.74, 6) is 1.43. The number of halogens is 3. The molecule has 210 valence electrons. The summed E-state index contributed by atoms with van der Waals surface area (Å²) in [5.41, 5.74) is 2.09. The molecule has 0 aromatic carbocycles. The summed E-state index contributed by atoms with van der Waals surface area (Å²) < 4.78 is 49.5. The number of anilines is 4. The number of aliphatic imine (C=N–C) groups is 1. The molecule has 0 bridgehead atoms. The maximum absolute atomic E-state index is 12.9. The Hall–Kier alpha value is -3.03.